The molecule has 0 N–H and O–H groups in total. The van der Waals surface area contributed by atoms with E-state index in [1.165, 1.54) is 13.8 Å². The fourth-order valence-corrected chi connectivity index (χ4v) is 1.89. The average Bonchev–Trinajstić information content (AvgIpc) is 2.42. The first kappa shape index (κ1) is 13.5. The predicted molar refractivity (Wildman–Crippen MR) is 56.3 cm³/mol. The van der Waals surface area contributed by atoms with Gasteiger partial charge in [0.1, 0.15) is 18.1 Å². The van der Waals surface area contributed by atoms with Crippen molar-refractivity contribution in [2.24, 2.45) is 0 Å². The van der Waals surface area contributed by atoms with Crippen LogP contribution in [-0.2, 0) is 23.8 Å². The molecular weight excluding hydrogens is 259 g/mol. The second kappa shape index (κ2) is 5.70. The predicted octanol–water partition coefficient (Wildman–Crippen LogP) is 1.05. The first-order chi connectivity index (χ1) is 7.41. The van der Waals surface area contributed by atoms with Gasteiger partial charge in [-0.05, 0) is 0 Å². The van der Waals surface area contributed by atoms with Crippen LogP contribution in [0.4, 0.5) is 0 Å². The lowest BCUT2D eigenvalue weighted by Crippen LogP contribution is -2.35. The molecule has 0 aromatic carbocycles. The molecule has 0 unspecified atom stereocenters. The zero-order valence-corrected chi connectivity index (χ0v) is 10.3. The Hall–Kier alpha value is -0.520. The third-order valence-electron chi connectivity index (χ3n) is 1.99. The molecule has 16 heavy (non-hydrogen) atoms. The summed E-state index contributed by atoms with van der Waals surface area (Å²) >= 11 is 11.7. The molecule has 7 heteroatoms. The molecule has 0 spiro atoms. The molecule has 92 valence electrons. The summed E-state index contributed by atoms with van der Waals surface area (Å²) < 4.78 is 14.9. The van der Waals surface area contributed by atoms with E-state index in [0.29, 0.717) is 0 Å². The van der Waals surface area contributed by atoms with Gasteiger partial charge in [-0.15, -0.1) is 11.6 Å². The van der Waals surface area contributed by atoms with Crippen LogP contribution in [0, 0.1) is 0 Å². The van der Waals surface area contributed by atoms with Crippen molar-refractivity contribution in [2.45, 2.75) is 37.0 Å². The van der Waals surface area contributed by atoms with Crippen LogP contribution in [0.3, 0.4) is 0 Å². The Morgan fingerprint density at radius 2 is 1.88 bits per heavy atom. The number of rotatable bonds is 3. The average molecular weight is 271 g/mol. The van der Waals surface area contributed by atoms with Crippen LogP contribution in [0.25, 0.3) is 0 Å². The zero-order chi connectivity index (χ0) is 12.3. The minimum atomic E-state index is -0.772. The van der Waals surface area contributed by atoms with Crippen molar-refractivity contribution in [1.82, 2.24) is 0 Å². The van der Waals surface area contributed by atoms with Gasteiger partial charge in [-0.3, -0.25) is 9.59 Å². The Morgan fingerprint density at radius 1 is 1.25 bits per heavy atom. The van der Waals surface area contributed by atoms with Gasteiger partial charge < -0.3 is 14.2 Å². The van der Waals surface area contributed by atoms with Crippen molar-refractivity contribution < 1.29 is 23.8 Å². The van der Waals surface area contributed by atoms with Gasteiger partial charge in [0.2, 0.25) is 0 Å². The summed E-state index contributed by atoms with van der Waals surface area (Å²) in [7, 11) is 0. The fraction of sp³-hybridized carbons (Fsp3) is 0.778. The van der Waals surface area contributed by atoms with Gasteiger partial charge in [0.25, 0.3) is 0 Å². The van der Waals surface area contributed by atoms with E-state index >= 15 is 0 Å². The Morgan fingerprint density at radius 3 is 2.38 bits per heavy atom. The number of carbonyl (C=O) groups is 2. The van der Waals surface area contributed by atoms with Crippen LogP contribution in [0.15, 0.2) is 0 Å². The van der Waals surface area contributed by atoms with Gasteiger partial charge in [0.05, 0.1) is 0 Å². The molecule has 5 nitrogen and oxygen atoms in total. The van der Waals surface area contributed by atoms with E-state index < -0.39 is 35.1 Å². The Balaban J connectivity index is 2.59. The van der Waals surface area contributed by atoms with Gasteiger partial charge in [-0.25, -0.2) is 0 Å². The molecule has 0 aliphatic carbocycles. The maximum Gasteiger partial charge on any atom is 0.303 e. The molecular formula is C9H12Cl2O5. The van der Waals surface area contributed by atoms with Gasteiger partial charge >= 0.3 is 11.9 Å². The lowest BCUT2D eigenvalue weighted by atomic mass is 10.2. The largest absolute Gasteiger partial charge is 0.463 e. The highest BCUT2D eigenvalue weighted by Gasteiger charge is 2.45. The van der Waals surface area contributed by atoms with Crippen molar-refractivity contribution in [3.05, 3.63) is 0 Å². The molecule has 0 aromatic rings. The van der Waals surface area contributed by atoms with Crippen LogP contribution >= 0.6 is 23.2 Å². The van der Waals surface area contributed by atoms with E-state index in [4.69, 9.17) is 37.4 Å². The molecule has 1 saturated heterocycles. The summed E-state index contributed by atoms with van der Waals surface area (Å²) in [5.74, 6) is -0.938. The number of alkyl halides is 2. The van der Waals surface area contributed by atoms with E-state index in [1.807, 2.05) is 0 Å². The lowest BCUT2D eigenvalue weighted by Gasteiger charge is -2.18. The van der Waals surface area contributed by atoms with Gasteiger partial charge in [-0.2, -0.15) is 0 Å². The molecule has 0 amide bonds. The van der Waals surface area contributed by atoms with Crippen LogP contribution in [0.1, 0.15) is 13.8 Å². The Labute approximate surface area is 103 Å². The van der Waals surface area contributed by atoms with Gasteiger partial charge in [0, 0.05) is 13.8 Å². The van der Waals surface area contributed by atoms with E-state index in [9.17, 15) is 9.59 Å². The van der Waals surface area contributed by atoms with Crippen LogP contribution < -0.4 is 0 Å². The molecule has 1 fully saturated rings. The minimum Gasteiger partial charge on any atom is -0.463 e. The minimum absolute atomic E-state index is 0.0419. The lowest BCUT2D eigenvalue weighted by molar-refractivity contribution is -0.154. The summed E-state index contributed by atoms with van der Waals surface area (Å²) in [5.41, 5.74) is -0.772. The third-order valence-corrected chi connectivity index (χ3v) is 2.97. The summed E-state index contributed by atoms with van der Waals surface area (Å²) in [6.07, 6.45) is -1.33. The standard InChI is InChI=1S/C9H12Cl2O5/c1-4(12)14-3-6-8(15-5(2)13)7(10)9(11)16-6/h6-9H,3H2,1-2H3/t6-,7-,8-,9+/m1/s1. The number of ether oxygens (including phenoxy) is 3. The quantitative estimate of drug-likeness (QED) is 0.567. The molecule has 4 atom stereocenters. The second-order valence-corrected chi connectivity index (χ2v) is 4.28. The van der Waals surface area contributed by atoms with Crippen molar-refractivity contribution in [3.8, 4) is 0 Å². The smallest absolute Gasteiger partial charge is 0.303 e. The summed E-state index contributed by atoms with van der Waals surface area (Å²) in [4.78, 5) is 21.5. The van der Waals surface area contributed by atoms with Gasteiger partial charge in [-0.1, -0.05) is 11.6 Å². The highest BCUT2D eigenvalue weighted by Crippen LogP contribution is 2.30. The maximum atomic E-state index is 10.8. The van der Waals surface area contributed by atoms with Gasteiger partial charge in [0.15, 0.2) is 11.7 Å². The van der Waals surface area contributed by atoms with Crippen molar-refractivity contribution in [1.29, 1.82) is 0 Å². The van der Waals surface area contributed by atoms with Crippen LogP contribution in [0.2, 0.25) is 0 Å². The van der Waals surface area contributed by atoms with Crippen LogP contribution in [0.5, 0.6) is 0 Å². The third kappa shape index (κ3) is 3.50. The molecule has 0 saturated carbocycles. The SMILES string of the molecule is CC(=O)OC[C@H]1O[C@H](Cl)[C@H](Cl)[C@@H]1OC(C)=O. The number of halogens is 2. The molecule has 1 rings (SSSR count). The molecule has 1 heterocycles. The van der Waals surface area contributed by atoms with E-state index in [-0.39, 0.29) is 6.61 Å². The molecule has 0 aromatic heterocycles. The van der Waals surface area contributed by atoms with E-state index in [2.05, 4.69) is 0 Å². The van der Waals surface area contributed by atoms with Crippen molar-refractivity contribution in [3.63, 3.8) is 0 Å². The number of hydrogen-bond donors (Lipinski definition) is 0. The van der Waals surface area contributed by atoms with Crippen molar-refractivity contribution >= 4 is 35.1 Å². The normalized spacial score (nSPS) is 33.5. The first-order valence-corrected chi connectivity index (χ1v) is 5.53. The topological polar surface area (TPSA) is 61.8 Å². The summed E-state index contributed by atoms with van der Waals surface area (Å²) in [5, 5.41) is -0.661. The number of carbonyl (C=O) groups excluding carboxylic acids is 2. The van der Waals surface area contributed by atoms with Crippen molar-refractivity contribution in [2.75, 3.05) is 6.61 Å². The highest BCUT2D eigenvalue weighted by atomic mass is 35.5. The molecule has 1 aliphatic rings. The summed E-state index contributed by atoms with van der Waals surface area (Å²) in [6.45, 7) is 2.49. The molecule has 0 radical (unpaired) electrons. The zero-order valence-electron chi connectivity index (χ0n) is 8.81. The first-order valence-electron chi connectivity index (χ1n) is 4.66. The Kier molecular flexibility index (Phi) is 4.83. The monoisotopic (exact) mass is 270 g/mol. The maximum absolute atomic E-state index is 10.8. The second-order valence-electron chi connectivity index (χ2n) is 3.35. The van der Waals surface area contributed by atoms with Crippen LogP contribution in [-0.4, -0.2) is 41.7 Å². The number of esters is 2. The highest BCUT2D eigenvalue weighted by molar-refractivity contribution is 6.30. The Bertz CT molecular complexity index is 283. The summed E-state index contributed by atoms with van der Waals surface area (Å²) in [6, 6.07) is 0. The number of hydrogen-bond acceptors (Lipinski definition) is 5. The van der Waals surface area contributed by atoms with E-state index in [0.717, 1.165) is 0 Å². The van der Waals surface area contributed by atoms with E-state index in [1.54, 1.807) is 0 Å². The fourth-order valence-electron chi connectivity index (χ4n) is 1.34. The molecule has 1 aliphatic heterocycles. The molecule has 0 bridgehead atoms.